The molecule has 2 saturated carbocycles. The Morgan fingerprint density at radius 3 is 2.79 bits per heavy atom. The molecule has 0 spiro atoms. The molecule has 2 fully saturated rings. The monoisotopic (exact) mass is 447 g/mol. The Hall–Kier alpha value is -3.95. The van der Waals surface area contributed by atoms with E-state index < -0.39 is 11.8 Å². The predicted octanol–water partition coefficient (Wildman–Crippen LogP) is 4.84. The SMILES string of the molecule is CC1(c2cc(NC(=O)Nc3ccc(-c4cn(C5CC5)c5ncnc(N)c45)cc3F)on2)CC1. The lowest BCUT2D eigenvalue weighted by atomic mass is 10.1. The van der Waals surface area contributed by atoms with E-state index >= 15 is 0 Å². The van der Waals surface area contributed by atoms with Crippen molar-refractivity contribution in [2.75, 3.05) is 16.4 Å². The van der Waals surface area contributed by atoms with E-state index in [2.05, 4.69) is 37.2 Å². The first-order chi connectivity index (χ1) is 15.9. The summed E-state index contributed by atoms with van der Waals surface area (Å²) in [5.41, 5.74) is 9.13. The fraction of sp³-hybridized carbons (Fsp3) is 0.304. The highest BCUT2D eigenvalue weighted by atomic mass is 19.1. The fourth-order valence-corrected chi connectivity index (χ4v) is 4.07. The first kappa shape index (κ1) is 19.7. The summed E-state index contributed by atoms with van der Waals surface area (Å²) < 4.78 is 22.2. The number of nitrogens with one attached hydrogen (secondary N) is 2. The number of rotatable bonds is 5. The molecule has 168 valence electrons. The van der Waals surface area contributed by atoms with Crippen molar-refractivity contribution in [1.29, 1.82) is 0 Å². The van der Waals surface area contributed by atoms with Gasteiger partial charge in [-0.1, -0.05) is 18.1 Å². The third kappa shape index (κ3) is 3.47. The van der Waals surface area contributed by atoms with Gasteiger partial charge in [0, 0.05) is 29.3 Å². The Morgan fingerprint density at radius 2 is 2.06 bits per heavy atom. The molecule has 2 aliphatic carbocycles. The molecule has 0 saturated heterocycles. The number of anilines is 3. The summed E-state index contributed by atoms with van der Waals surface area (Å²) in [7, 11) is 0. The Balaban J connectivity index is 1.24. The van der Waals surface area contributed by atoms with E-state index in [1.165, 1.54) is 18.5 Å². The number of hydrogen-bond acceptors (Lipinski definition) is 6. The van der Waals surface area contributed by atoms with Gasteiger partial charge in [-0.3, -0.25) is 5.32 Å². The number of nitrogen functional groups attached to an aromatic ring is 1. The molecule has 6 rings (SSSR count). The average molecular weight is 447 g/mol. The minimum atomic E-state index is -0.617. The van der Waals surface area contributed by atoms with Gasteiger partial charge in [-0.15, -0.1) is 0 Å². The maximum atomic E-state index is 14.9. The molecule has 9 nitrogen and oxygen atoms in total. The number of carbonyl (C=O) groups excluding carboxylic acids is 1. The van der Waals surface area contributed by atoms with Crippen molar-refractivity contribution in [3.63, 3.8) is 0 Å². The molecular formula is C23H22FN7O2. The van der Waals surface area contributed by atoms with E-state index in [4.69, 9.17) is 10.3 Å². The summed E-state index contributed by atoms with van der Waals surface area (Å²) >= 11 is 0. The van der Waals surface area contributed by atoms with Crippen molar-refractivity contribution < 1.29 is 13.7 Å². The molecule has 3 aromatic heterocycles. The highest BCUT2D eigenvalue weighted by Crippen LogP contribution is 2.47. The zero-order valence-corrected chi connectivity index (χ0v) is 17.9. The summed E-state index contributed by atoms with van der Waals surface area (Å²) in [6.45, 7) is 2.09. The predicted molar refractivity (Wildman–Crippen MR) is 121 cm³/mol. The van der Waals surface area contributed by atoms with Crippen molar-refractivity contribution in [3.8, 4) is 11.1 Å². The minimum absolute atomic E-state index is 0.0267. The highest BCUT2D eigenvalue weighted by Gasteiger charge is 2.42. The largest absolute Gasteiger partial charge is 0.383 e. The first-order valence-corrected chi connectivity index (χ1v) is 10.9. The van der Waals surface area contributed by atoms with Crippen LogP contribution in [0.25, 0.3) is 22.2 Å². The summed E-state index contributed by atoms with van der Waals surface area (Å²) in [5.74, 6) is -0.00646. The Morgan fingerprint density at radius 1 is 1.24 bits per heavy atom. The fourth-order valence-electron chi connectivity index (χ4n) is 4.07. The second-order valence-electron chi connectivity index (χ2n) is 9.05. The van der Waals surface area contributed by atoms with Crippen LogP contribution < -0.4 is 16.4 Å². The van der Waals surface area contributed by atoms with Crippen molar-refractivity contribution in [2.24, 2.45) is 0 Å². The van der Waals surface area contributed by atoms with E-state index in [0.29, 0.717) is 22.8 Å². The van der Waals surface area contributed by atoms with Gasteiger partial charge in [0.25, 0.3) is 0 Å². The third-order valence-electron chi connectivity index (χ3n) is 6.47. The summed E-state index contributed by atoms with van der Waals surface area (Å²) in [5, 5.41) is 9.78. The quantitative estimate of drug-likeness (QED) is 0.402. The lowest BCUT2D eigenvalue weighted by Crippen LogP contribution is -2.19. The molecule has 0 atom stereocenters. The number of nitrogens with zero attached hydrogens (tertiary/aromatic N) is 4. The van der Waals surface area contributed by atoms with Gasteiger partial charge >= 0.3 is 6.03 Å². The standard InChI is InChI=1S/C23H22FN7O2/c1-23(6-7-23)17-9-18(33-30-17)29-22(32)28-16-5-2-12(8-15(16)24)14-10-31(13-3-4-13)21-19(14)20(25)26-11-27-21/h2,5,8-11,13H,3-4,6-7H2,1H3,(H2,25,26,27)(H2,28,29,32). The van der Waals surface area contributed by atoms with Gasteiger partial charge in [-0.05, 0) is 43.4 Å². The number of hydrogen-bond donors (Lipinski definition) is 3. The first-order valence-electron chi connectivity index (χ1n) is 10.9. The van der Waals surface area contributed by atoms with Crippen LogP contribution in [0.1, 0.15) is 44.3 Å². The second kappa shape index (κ2) is 7.03. The van der Waals surface area contributed by atoms with Crippen LogP contribution in [0.5, 0.6) is 0 Å². The van der Waals surface area contributed by atoms with Gasteiger partial charge in [0.15, 0.2) is 0 Å². The second-order valence-corrected chi connectivity index (χ2v) is 9.05. The molecule has 4 aromatic rings. The highest BCUT2D eigenvalue weighted by molar-refractivity contribution is 6.02. The number of aromatic nitrogens is 4. The molecule has 1 aromatic carbocycles. The summed E-state index contributed by atoms with van der Waals surface area (Å²) in [6.07, 6.45) is 7.62. The van der Waals surface area contributed by atoms with Crippen LogP contribution in [0.2, 0.25) is 0 Å². The van der Waals surface area contributed by atoms with Crippen molar-refractivity contribution >= 4 is 34.5 Å². The minimum Gasteiger partial charge on any atom is -0.383 e. The summed E-state index contributed by atoms with van der Waals surface area (Å²) in [4.78, 5) is 20.9. The lowest BCUT2D eigenvalue weighted by Gasteiger charge is -2.08. The molecular weight excluding hydrogens is 425 g/mol. The third-order valence-corrected chi connectivity index (χ3v) is 6.47. The van der Waals surface area contributed by atoms with Crippen LogP contribution >= 0.6 is 0 Å². The smallest absolute Gasteiger partial charge is 0.326 e. The van der Waals surface area contributed by atoms with Crippen LogP contribution in [0.4, 0.5) is 26.6 Å². The number of halogens is 1. The van der Waals surface area contributed by atoms with Gasteiger partial charge in [-0.2, -0.15) is 0 Å². The van der Waals surface area contributed by atoms with Crippen molar-refractivity contribution in [3.05, 3.63) is 48.3 Å². The van der Waals surface area contributed by atoms with Crippen LogP contribution in [-0.2, 0) is 5.41 Å². The topological polar surface area (TPSA) is 124 Å². The zero-order valence-electron chi connectivity index (χ0n) is 17.9. The molecule has 4 N–H and O–H groups in total. The van der Waals surface area contributed by atoms with Crippen LogP contribution in [-0.4, -0.2) is 25.7 Å². The average Bonchev–Trinajstić information content (AvgIpc) is 3.68. The molecule has 0 bridgehead atoms. The zero-order chi connectivity index (χ0) is 22.7. The molecule has 0 radical (unpaired) electrons. The van der Waals surface area contributed by atoms with Crippen molar-refractivity contribution in [2.45, 2.75) is 44.1 Å². The van der Waals surface area contributed by atoms with Crippen LogP contribution in [0.15, 0.2) is 41.3 Å². The van der Waals surface area contributed by atoms with Gasteiger partial charge in [0.2, 0.25) is 5.88 Å². The molecule has 2 amide bonds. The number of carbonyl (C=O) groups is 1. The number of nitrogens with two attached hydrogens (primary N) is 1. The van der Waals surface area contributed by atoms with Crippen LogP contribution in [0, 0.1) is 5.82 Å². The van der Waals surface area contributed by atoms with E-state index in [1.54, 1.807) is 12.1 Å². The molecule has 33 heavy (non-hydrogen) atoms. The number of amides is 2. The number of benzene rings is 1. The van der Waals surface area contributed by atoms with E-state index in [1.807, 2.05) is 6.20 Å². The summed E-state index contributed by atoms with van der Waals surface area (Å²) in [6, 6.07) is 6.08. The molecule has 10 heteroatoms. The molecule has 0 unspecified atom stereocenters. The van der Waals surface area contributed by atoms with E-state index in [-0.39, 0.29) is 17.0 Å². The lowest BCUT2D eigenvalue weighted by molar-refractivity contribution is 0.261. The normalized spacial score (nSPS) is 16.7. The maximum Gasteiger partial charge on any atom is 0.326 e. The Bertz CT molecular complexity index is 1400. The van der Waals surface area contributed by atoms with E-state index in [0.717, 1.165) is 42.6 Å². The maximum absolute atomic E-state index is 14.9. The number of urea groups is 1. The van der Waals surface area contributed by atoms with Crippen molar-refractivity contribution in [1.82, 2.24) is 19.7 Å². The Labute approximate surface area is 188 Å². The Kier molecular flexibility index (Phi) is 4.20. The van der Waals surface area contributed by atoms with E-state index in [9.17, 15) is 9.18 Å². The molecule has 0 aliphatic heterocycles. The van der Waals surface area contributed by atoms with Gasteiger partial charge in [0.1, 0.15) is 23.6 Å². The number of fused-ring (bicyclic) bond motifs is 1. The van der Waals surface area contributed by atoms with Crippen LogP contribution in [0.3, 0.4) is 0 Å². The van der Waals surface area contributed by atoms with Gasteiger partial charge < -0.3 is 20.1 Å². The molecule has 2 aliphatic rings. The molecule has 3 heterocycles. The van der Waals surface area contributed by atoms with Gasteiger partial charge in [0.05, 0.1) is 16.8 Å². The van der Waals surface area contributed by atoms with Gasteiger partial charge in [-0.25, -0.2) is 19.2 Å².